The molecule has 0 aliphatic heterocycles. The van der Waals surface area contributed by atoms with Crippen molar-refractivity contribution in [3.63, 3.8) is 0 Å². The van der Waals surface area contributed by atoms with Crippen LogP contribution in [0.2, 0.25) is 0 Å². The summed E-state index contributed by atoms with van der Waals surface area (Å²) in [7, 11) is -2.99. The minimum absolute atomic E-state index is 0.252. The van der Waals surface area contributed by atoms with E-state index in [-0.39, 0.29) is 6.16 Å². The molecule has 1 heterocycles. The van der Waals surface area contributed by atoms with Gasteiger partial charge in [-0.3, -0.25) is 4.57 Å². The van der Waals surface area contributed by atoms with Gasteiger partial charge in [-0.1, -0.05) is 19.1 Å². The number of hydrogen-bond acceptors (Lipinski definition) is 3. The molecule has 0 aromatic carbocycles. The van der Waals surface area contributed by atoms with E-state index in [1.807, 2.05) is 19.1 Å². The quantitative estimate of drug-likeness (QED) is 0.705. The fourth-order valence-corrected chi connectivity index (χ4v) is 2.94. The molecule has 0 N–H and O–H groups in total. The Labute approximate surface area is 90.5 Å². The van der Waals surface area contributed by atoms with Crippen LogP contribution in [0.4, 0.5) is 0 Å². The Balaban J connectivity index is 2.70. The summed E-state index contributed by atoms with van der Waals surface area (Å²) in [5.74, 6) is 0. The van der Waals surface area contributed by atoms with Crippen molar-refractivity contribution in [1.82, 2.24) is 4.98 Å². The molecule has 0 amide bonds. The number of aryl methyl sites for hydroxylation is 1. The molecule has 0 aliphatic carbocycles. The Morgan fingerprint density at radius 2 is 1.87 bits per heavy atom. The highest BCUT2D eigenvalue weighted by molar-refractivity contribution is 7.53. The first-order valence-corrected chi connectivity index (χ1v) is 6.79. The summed E-state index contributed by atoms with van der Waals surface area (Å²) in [5.41, 5.74) is 1.68. The van der Waals surface area contributed by atoms with Crippen LogP contribution in [0.15, 0.2) is 12.1 Å². The fraction of sp³-hybridized carbons (Fsp3) is 0.600. The fourth-order valence-electron chi connectivity index (χ4n) is 1.33. The molecule has 0 saturated carbocycles. The van der Waals surface area contributed by atoms with Gasteiger partial charge < -0.3 is 14.0 Å². The predicted molar refractivity (Wildman–Crippen MR) is 59.1 cm³/mol. The monoisotopic (exact) mass is 230 g/mol. The average molecular weight is 230 g/mol. The van der Waals surface area contributed by atoms with Crippen LogP contribution in [0.5, 0.6) is 0 Å². The summed E-state index contributed by atoms with van der Waals surface area (Å²) in [6, 6.07) is 3.73. The Morgan fingerprint density at radius 3 is 2.27 bits per heavy atom. The van der Waals surface area contributed by atoms with Crippen molar-refractivity contribution in [3.05, 3.63) is 23.5 Å². The largest absolute Gasteiger partial charge is 0.664 e. The molecule has 1 aromatic heterocycles. The predicted octanol–water partition coefficient (Wildman–Crippen LogP) is 2.72. The molecule has 0 saturated heterocycles. The molecule has 0 fully saturated rings. The van der Waals surface area contributed by atoms with E-state index in [2.05, 4.69) is 4.98 Å². The average Bonchev–Trinajstić information content (AvgIpc) is 2.51. The highest BCUT2D eigenvalue weighted by atomic mass is 31.2. The normalized spacial score (nSPS) is 11.9. The van der Waals surface area contributed by atoms with Crippen molar-refractivity contribution in [2.75, 3.05) is 13.2 Å². The molecule has 0 spiro atoms. The van der Waals surface area contributed by atoms with E-state index in [4.69, 9.17) is 9.05 Å². The van der Waals surface area contributed by atoms with Crippen LogP contribution < -0.4 is 4.98 Å². The van der Waals surface area contributed by atoms with Crippen LogP contribution in [0.25, 0.3) is 0 Å². The first-order chi connectivity index (χ1) is 7.09. The molecule has 0 atom stereocenters. The van der Waals surface area contributed by atoms with E-state index in [9.17, 15) is 4.57 Å². The van der Waals surface area contributed by atoms with E-state index in [1.54, 1.807) is 13.8 Å². The first-order valence-electron chi connectivity index (χ1n) is 5.07. The topological polar surface area (TPSA) is 49.6 Å². The van der Waals surface area contributed by atoms with E-state index in [0.29, 0.717) is 13.2 Å². The van der Waals surface area contributed by atoms with Gasteiger partial charge >= 0.3 is 7.60 Å². The van der Waals surface area contributed by atoms with Gasteiger partial charge in [0.1, 0.15) is 0 Å². The molecule has 5 heteroatoms. The summed E-state index contributed by atoms with van der Waals surface area (Å²) in [4.78, 5) is 4.23. The second-order valence-electron chi connectivity index (χ2n) is 3.18. The van der Waals surface area contributed by atoms with Crippen LogP contribution >= 0.6 is 7.60 Å². The van der Waals surface area contributed by atoms with Crippen LogP contribution in [0, 0.1) is 6.92 Å². The van der Waals surface area contributed by atoms with Crippen molar-refractivity contribution in [2.24, 2.45) is 0 Å². The number of hydrogen-bond donors (Lipinski definition) is 0. The van der Waals surface area contributed by atoms with Crippen molar-refractivity contribution >= 4 is 7.60 Å². The Morgan fingerprint density at radius 1 is 1.27 bits per heavy atom. The summed E-state index contributed by atoms with van der Waals surface area (Å²) < 4.78 is 22.5. The van der Waals surface area contributed by atoms with Gasteiger partial charge in [0, 0.05) is 0 Å². The van der Waals surface area contributed by atoms with Gasteiger partial charge in [0.15, 0.2) is 0 Å². The molecule has 4 nitrogen and oxygen atoms in total. The molecule has 86 valence electrons. The number of aromatic nitrogens is 1. The number of nitrogens with zero attached hydrogens (tertiary/aromatic N) is 1. The molecule has 0 radical (unpaired) electrons. The molecule has 0 aliphatic rings. The van der Waals surface area contributed by atoms with Crippen LogP contribution in [-0.2, 0) is 19.8 Å². The van der Waals surface area contributed by atoms with Crippen molar-refractivity contribution in [2.45, 2.75) is 26.9 Å². The highest BCUT2D eigenvalue weighted by Crippen LogP contribution is 2.50. The maximum Gasteiger partial charge on any atom is 0.333 e. The third-order valence-corrected chi connectivity index (χ3v) is 3.86. The van der Waals surface area contributed by atoms with Crippen LogP contribution in [-0.4, -0.2) is 13.2 Å². The molecule has 15 heavy (non-hydrogen) atoms. The van der Waals surface area contributed by atoms with Gasteiger partial charge in [0.05, 0.1) is 19.4 Å². The summed E-state index contributed by atoms with van der Waals surface area (Å²) in [6.07, 6.45) is 0.252. The molecule has 1 aromatic rings. The van der Waals surface area contributed by atoms with E-state index in [0.717, 1.165) is 11.4 Å². The molecule has 0 bridgehead atoms. The SMILES string of the molecule is CCOP(=O)(Cc1ccc(C)[n-]1)OCC. The van der Waals surface area contributed by atoms with Gasteiger partial charge in [-0.15, -0.1) is 5.69 Å². The van der Waals surface area contributed by atoms with E-state index < -0.39 is 7.60 Å². The van der Waals surface area contributed by atoms with Gasteiger partial charge in [-0.05, 0) is 13.8 Å². The first kappa shape index (κ1) is 12.5. The Kier molecular flexibility index (Phi) is 4.58. The van der Waals surface area contributed by atoms with Crippen molar-refractivity contribution in [1.29, 1.82) is 0 Å². The van der Waals surface area contributed by atoms with Crippen LogP contribution in [0.3, 0.4) is 0 Å². The summed E-state index contributed by atoms with van der Waals surface area (Å²) in [5, 5.41) is 0. The van der Waals surface area contributed by atoms with Crippen LogP contribution in [0.1, 0.15) is 25.2 Å². The van der Waals surface area contributed by atoms with Gasteiger partial charge in [0.25, 0.3) is 0 Å². The lowest BCUT2D eigenvalue weighted by atomic mass is 10.5. The zero-order valence-electron chi connectivity index (χ0n) is 9.40. The number of rotatable bonds is 6. The minimum Gasteiger partial charge on any atom is -0.664 e. The molecular formula is C10H17NO3P-. The van der Waals surface area contributed by atoms with Gasteiger partial charge in [-0.2, -0.15) is 5.69 Å². The lowest BCUT2D eigenvalue weighted by Crippen LogP contribution is -1.99. The Bertz CT molecular complexity index is 338. The van der Waals surface area contributed by atoms with Gasteiger partial charge in [-0.25, -0.2) is 0 Å². The van der Waals surface area contributed by atoms with E-state index >= 15 is 0 Å². The molecule has 1 rings (SSSR count). The van der Waals surface area contributed by atoms with Crippen molar-refractivity contribution in [3.8, 4) is 0 Å². The van der Waals surface area contributed by atoms with E-state index in [1.165, 1.54) is 0 Å². The molecule has 0 unspecified atom stereocenters. The zero-order valence-corrected chi connectivity index (χ0v) is 10.3. The standard InChI is InChI=1S/C10H17NO3P/c1-4-13-15(12,14-5-2)8-10-7-6-9(3)11-10/h6-7H,4-5,8H2,1-3H3/q-1. The minimum atomic E-state index is -2.99. The zero-order chi connectivity index (χ0) is 11.3. The third kappa shape index (κ3) is 3.82. The third-order valence-electron chi connectivity index (χ3n) is 1.84. The maximum absolute atomic E-state index is 12.1. The molecular weight excluding hydrogens is 213 g/mol. The smallest absolute Gasteiger partial charge is 0.333 e. The summed E-state index contributed by atoms with van der Waals surface area (Å²) in [6.45, 7) is 6.27. The van der Waals surface area contributed by atoms with Gasteiger partial charge in [0.2, 0.25) is 0 Å². The lowest BCUT2D eigenvalue weighted by Gasteiger charge is -2.19. The van der Waals surface area contributed by atoms with Crippen molar-refractivity contribution < 1.29 is 13.6 Å². The lowest BCUT2D eigenvalue weighted by molar-refractivity contribution is 0.219. The Hall–Kier alpha value is -0.570. The highest BCUT2D eigenvalue weighted by Gasteiger charge is 2.21. The second-order valence-corrected chi connectivity index (χ2v) is 5.24. The maximum atomic E-state index is 12.1. The summed E-state index contributed by atoms with van der Waals surface area (Å²) >= 11 is 0. The second kappa shape index (κ2) is 5.50.